The van der Waals surface area contributed by atoms with E-state index in [0.717, 1.165) is 24.0 Å². The third-order valence-corrected chi connectivity index (χ3v) is 5.33. The highest BCUT2D eigenvalue weighted by Gasteiger charge is 2.46. The SMILES string of the molecule is CCC1C=CCC2C1C(=O)/C(=C/c1ccc([N+](=O)[O-])cc1)[C@H]2C.CCl. The average Bonchev–Trinajstić information content (AvgIpc) is 2.89. The summed E-state index contributed by atoms with van der Waals surface area (Å²) in [5, 5.41) is 10.7. The molecule has 3 unspecified atom stereocenters. The summed E-state index contributed by atoms with van der Waals surface area (Å²) in [4.78, 5) is 23.2. The highest BCUT2D eigenvalue weighted by molar-refractivity contribution is 6.15. The molecule has 0 bridgehead atoms. The van der Waals surface area contributed by atoms with Crippen molar-refractivity contribution in [2.24, 2.45) is 23.7 Å². The number of carbonyl (C=O) groups is 1. The molecular formula is C20H24ClNO3. The van der Waals surface area contributed by atoms with Crippen LogP contribution in [0.3, 0.4) is 0 Å². The van der Waals surface area contributed by atoms with Crippen LogP contribution in [-0.2, 0) is 4.79 Å². The molecule has 1 saturated carbocycles. The summed E-state index contributed by atoms with van der Waals surface area (Å²) in [6.45, 7) is 4.26. The third-order valence-electron chi connectivity index (χ3n) is 5.33. The van der Waals surface area contributed by atoms with Crippen LogP contribution < -0.4 is 0 Å². The first-order valence-electron chi connectivity index (χ1n) is 8.57. The van der Waals surface area contributed by atoms with E-state index in [1.54, 1.807) is 12.1 Å². The summed E-state index contributed by atoms with van der Waals surface area (Å²) in [6.07, 6.45) is 9.75. The van der Waals surface area contributed by atoms with Crippen molar-refractivity contribution in [2.45, 2.75) is 26.7 Å². The smallest absolute Gasteiger partial charge is 0.269 e. The van der Waals surface area contributed by atoms with Gasteiger partial charge in [-0.3, -0.25) is 14.9 Å². The van der Waals surface area contributed by atoms with E-state index in [9.17, 15) is 14.9 Å². The number of alkyl halides is 1. The number of halogens is 1. The Morgan fingerprint density at radius 1 is 1.28 bits per heavy atom. The van der Waals surface area contributed by atoms with Gasteiger partial charge in [-0.15, -0.1) is 11.6 Å². The van der Waals surface area contributed by atoms with E-state index < -0.39 is 4.92 Å². The Labute approximate surface area is 153 Å². The number of rotatable bonds is 3. The van der Waals surface area contributed by atoms with Gasteiger partial charge in [-0.05, 0) is 59.9 Å². The summed E-state index contributed by atoms with van der Waals surface area (Å²) >= 11 is 4.64. The topological polar surface area (TPSA) is 60.2 Å². The molecule has 0 spiro atoms. The number of allylic oxidation sites excluding steroid dienone is 3. The second kappa shape index (κ2) is 8.43. The Morgan fingerprint density at radius 3 is 2.48 bits per heavy atom. The van der Waals surface area contributed by atoms with Gasteiger partial charge < -0.3 is 0 Å². The molecule has 3 rings (SSSR count). The van der Waals surface area contributed by atoms with Crippen LogP contribution in [-0.4, -0.2) is 17.1 Å². The number of ketones is 1. The molecule has 0 amide bonds. The molecule has 25 heavy (non-hydrogen) atoms. The zero-order valence-corrected chi connectivity index (χ0v) is 15.6. The molecule has 0 heterocycles. The van der Waals surface area contributed by atoms with E-state index >= 15 is 0 Å². The lowest BCUT2D eigenvalue weighted by atomic mass is 9.74. The van der Waals surface area contributed by atoms with Crippen LogP contribution in [0.25, 0.3) is 6.08 Å². The molecule has 134 valence electrons. The first-order chi connectivity index (χ1) is 12.0. The maximum Gasteiger partial charge on any atom is 0.269 e. The maximum atomic E-state index is 12.9. The lowest BCUT2D eigenvalue weighted by Gasteiger charge is -2.29. The van der Waals surface area contributed by atoms with Crippen molar-refractivity contribution >= 4 is 29.1 Å². The van der Waals surface area contributed by atoms with Gasteiger partial charge >= 0.3 is 0 Å². The fourth-order valence-corrected chi connectivity index (χ4v) is 4.01. The number of hydrogen-bond acceptors (Lipinski definition) is 3. The van der Waals surface area contributed by atoms with E-state index in [1.165, 1.54) is 18.5 Å². The molecule has 2 aliphatic carbocycles. The van der Waals surface area contributed by atoms with Gasteiger partial charge in [-0.1, -0.05) is 26.0 Å². The number of Topliss-reactive ketones (excluding diaryl/α,β-unsaturated/α-hetero) is 1. The van der Waals surface area contributed by atoms with Crippen molar-refractivity contribution in [1.82, 2.24) is 0 Å². The number of nitrogens with zero attached hydrogens (tertiary/aromatic N) is 1. The third kappa shape index (κ3) is 3.84. The molecule has 1 aromatic carbocycles. The first kappa shape index (κ1) is 19.4. The van der Waals surface area contributed by atoms with Gasteiger partial charge in [0.15, 0.2) is 5.78 Å². The van der Waals surface area contributed by atoms with Crippen molar-refractivity contribution in [3.05, 3.63) is 57.7 Å². The van der Waals surface area contributed by atoms with Gasteiger partial charge in [0, 0.05) is 24.4 Å². The van der Waals surface area contributed by atoms with Gasteiger partial charge in [-0.2, -0.15) is 0 Å². The number of fused-ring (bicyclic) bond motifs is 1. The molecule has 5 heteroatoms. The first-order valence-corrected chi connectivity index (χ1v) is 9.33. The monoisotopic (exact) mass is 361 g/mol. The minimum atomic E-state index is -0.410. The van der Waals surface area contributed by atoms with Crippen LogP contribution in [0.2, 0.25) is 0 Å². The number of benzene rings is 1. The van der Waals surface area contributed by atoms with Gasteiger partial charge in [0.25, 0.3) is 5.69 Å². The zero-order chi connectivity index (χ0) is 18.6. The van der Waals surface area contributed by atoms with Gasteiger partial charge in [0.1, 0.15) is 0 Å². The largest absolute Gasteiger partial charge is 0.294 e. The second-order valence-electron chi connectivity index (χ2n) is 6.53. The Morgan fingerprint density at radius 2 is 1.92 bits per heavy atom. The standard InChI is InChI=1S/C19H21NO3.CH3Cl/c1-3-14-5-4-6-16-12(2)17(19(21)18(14)16)11-13-7-9-15(10-8-13)20(22)23;1-2/h4-5,7-12,14,16,18H,3,6H2,1-2H3;1H3/b17-11+;/t12-,14?,16?,18?;/m0./s1. The quantitative estimate of drug-likeness (QED) is 0.242. The maximum absolute atomic E-state index is 12.9. The number of non-ortho nitro benzene ring substituents is 1. The van der Waals surface area contributed by atoms with Gasteiger partial charge in [-0.25, -0.2) is 0 Å². The van der Waals surface area contributed by atoms with E-state index in [1.807, 2.05) is 6.08 Å². The van der Waals surface area contributed by atoms with Crippen molar-refractivity contribution in [2.75, 3.05) is 6.38 Å². The molecule has 4 nitrogen and oxygen atoms in total. The zero-order valence-electron chi connectivity index (χ0n) is 14.8. The van der Waals surface area contributed by atoms with Crippen LogP contribution in [0.15, 0.2) is 42.0 Å². The van der Waals surface area contributed by atoms with Crippen molar-refractivity contribution in [1.29, 1.82) is 0 Å². The second-order valence-corrected chi connectivity index (χ2v) is 6.53. The lowest BCUT2D eigenvalue weighted by molar-refractivity contribution is -0.384. The fourth-order valence-electron chi connectivity index (χ4n) is 4.01. The molecule has 0 radical (unpaired) electrons. The van der Waals surface area contributed by atoms with Crippen molar-refractivity contribution in [3.8, 4) is 0 Å². The summed E-state index contributed by atoms with van der Waals surface area (Å²) in [7, 11) is 0. The number of nitro benzene ring substituents is 1. The molecule has 2 aliphatic rings. The minimum absolute atomic E-state index is 0.0712. The Hall–Kier alpha value is -1.94. The molecule has 1 fully saturated rings. The van der Waals surface area contributed by atoms with Crippen molar-refractivity contribution in [3.63, 3.8) is 0 Å². The Kier molecular flexibility index (Phi) is 6.54. The summed E-state index contributed by atoms with van der Waals surface area (Å²) in [6, 6.07) is 6.39. The van der Waals surface area contributed by atoms with Crippen molar-refractivity contribution < 1.29 is 9.72 Å². The number of hydrogen-bond donors (Lipinski definition) is 0. The predicted octanol–water partition coefficient (Wildman–Crippen LogP) is 5.27. The van der Waals surface area contributed by atoms with Gasteiger partial charge in [0.05, 0.1) is 4.92 Å². The highest BCUT2D eigenvalue weighted by Crippen LogP contribution is 2.48. The molecule has 1 aromatic rings. The summed E-state index contributed by atoms with van der Waals surface area (Å²) in [5.41, 5.74) is 1.79. The molecule has 0 saturated heterocycles. The van der Waals surface area contributed by atoms with Crippen LogP contribution >= 0.6 is 11.6 Å². The van der Waals surface area contributed by atoms with E-state index in [2.05, 4.69) is 37.6 Å². The minimum Gasteiger partial charge on any atom is -0.294 e. The molecular weight excluding hydrogens is 338 g/mol. The van der Waals surface area contributed by atoms with Crippen LogP contribution in [0.5, 0.6) is 0 Å². The lowest BCUT2D eigenvalue weighted by Crippen LogP contribution is -2.26. The molecule has 0 aliphatic heterocycles. The van der Waals surface area contributed by atoms with Crippen LogP contribution in [0.1, 0.15) is 32.3 Å². The highest BCUT2D eigenvalue weighted by atomic mass is 35.5. The van der Waals surface area contributed by atoms with Crippen LogP contribution in [0, 0.1) is 33.8 Å². The number of nitro groups is 1. The summed E-state index contributed by atoms with van der Waals surface area (Å²) < 4.78 is 0. The predicted molar refractivity (Wildman–Crippen MR) is 102 cm³/mol. The average molecular weight is 362 g/mol. The molecule has 4 atom stereocenters. The number of carbonyl (C=O) groups excluding carboxylic acids is 1. The summed E-state index contributed by atoms with van der Waals surface area (Å²) in [5.74, 6) is 1.33. The Balaban J connectivity index is 0.00000109. The van der Waals surface area contributed by atoms with Gasteiger partial charge in [0.2, 0.25) is 0 Å². The normalized spacial score (nSPS) is 29.1. The van der Waals surface area contributed by atoms with E-state index in [-0.39, 0.29) is 23.3 Å². The Bertz CT molecular complexity index is 693. The fraction of sp³-hybridized carbons (Fsp3) is 0.450. The van der Waals surface area contributed by atoms with Crippen LogP contribution in [0.4, 0.5) is 5.69 Å². The van der Waals surface area contributed by atoms with E-state index in [4.69, 9.17) is 0 Å². The molecule has 0 aromatic heterocycles. The van der Waals surface area contributed by atoms with E-state index in [0.29, 0.717) is 11.8 Å². The molecule has 0 N–H and O–H groups in total.